The van der Waals surface area contributed by atoms with Crippen molar-refractivity contribution in [3.8, 4) is 0 Å². The number of rotatable bonds is 8. The largest absolute Gasteiger partial charge is 0.349 e. The van der Waals surface area contributed by atoms with Crippen molar-refractivity contribution in [1.29, 1.82) is 0 Å². The lowest BCUT2D eigenvalue weighted by atomic mass is 10.1. The summed E-state index contributed by atoms with van der Waals surface area (Å²) < 4.78 is 1.39. The standard InChI is InChI=1S/C30H28N4O3/c35-28(31-23-14-15-23)22-12-10-21(11-13-22)18-33(24-16-17-24)30(37)27-25-8-4-5-9-26(25)29(36)34(32-27)19-20-6-2-1-3-7-20/h1-13,23-24H,14-19H2,(H,31,35). The van der Waals surface area contributed by atoms with E-state index >= 15 is 0 Å². The third-order valence-corrected chi connectivity index (χ3v) is 6.98. The summed E-state index contributed by atoms with van der Waals surface area (Å²) in [7, 11) is 0. The van der Waals surface area contributed by atoms with Crippen molar-refractivity contribution < 1.29 is 9.59 Å². The molecule has 0 bridgehead atoms. The Morgan fingerprint density at radius 2 is 1.51 bits per heavy atom. The number of carbonyl (C=O) groups is 2. The van der Waals surface area contributed by atoms with Crippen LogP contribution in [-0.2, 0) is 13.1 Å². The molecule has 6 rings (SSSR count). The van der Waals surface area contributed by atoms with Crippen molar-refractivity contribution in [2.45, 2.75) is 50.9 Å². The van der Waals surface area contributed by atoms with Gasteiger partial charge in [-0.2, -0.15) is 5.10 Å². The maximum absolute atomic E-state index is 13.9. The van der Waals surface area contributed by atoms with E-state index in [2.05, 4.69) is 10.4 Å². The average Bonchev–Trinajstić information content (AvgIpc) is 3.86. The maximum Gasteiger partial charge on any atom is 0.275 e. The van der Waals surface area contributed by atoms with Gasteiger partial charge in [0.15, 0.2) is 5.69 Å². The van der Waals surface area contributed by atoms with Crippen LogP contribution in [0, 0.1) is 0 Å². The molecule has 2 amide bonds. The van der Waals surface area contributed by atoms with E-state index < -0.39 is 0 Å². The summed E-state index contributed by atoms with van der Waals surface area (Å²) in [5, 5.41) is 8.66. The predicted octanol–water partition coefficient (Wildman–Crippen LogP) is 4.14. The third kappa shape index (κ3) is 5.03. The minimum atomic E-state index is -0.214. The van der Waals surface area contributed by atoms with Crippen LogP contribution in [0.2, 0.25) is 0 Å². The number of hydrogen-bond donors (Lipinski definition) is 1. The van der Waals surface area contributed by atoms with Gasteiger partial charge in [-0.3, -0.25) is 14.4 Å². The van der Waals surface area contributed by atoms with E-state index in [9.17, 15) is 14.4 Å². The Morgan fingerprint density at radius 1 is 0.838 bits per heavy atom. The highest BCUT2D eigenvalue weighted by molar-refractivity contribution is 6.05. The van der Waals surface area contributed by atoms with Crippen LogP contribution in [-0.4, -0.2) is 38.6 Å². The van der Waals surface area contributed by atoms with Crippen LogP contribution in [0.3, 0.4) is 0 Å². The molecule has 2 aliphatic carbocycles. The summed E-state index contributed by atoms with van der Waals surface area (Å²) in [6.07, 6.45) is 3.97. The molecule has 0 aliphatic heterocycles. The number of carbonyl (C=O) groups excluding carboxylic acids is 2. The minimum Gasteiger partial charge on any atom is -0.349 e. The van der Waals surface area contributed by atoms with E-state index in [0.29, 0.717) is 41.2 Å². The van der Waals surface area contributed by atoms with Crippen molar-refractivity contribution in [1.82, 2.24) is 20.0 Å². The van der Waals surface area contributed by atoms with Crippen molar-refractivity contribution in [3.63, 3.8) is 0 Å². The normalized spacial score (nSPS) is 14.9. The van der Waals surface area contributed by atoms with E-state index in [0.717, 1.165) is 36.8 Å². The van der Waals surface area contributed by atoms with Crippen LogP contribution < -0.4 is 10.9 Å². The average molecular weight is 493 g/mol. The Kier molecular flexibility index (Phi) is 6.04. The minimum absolute atomic E-state index is 0.0551. The van der Waals surface area contributed by atoms with E-state index in [4.69, 9.17) is 0 Å². The van der Waals surface area contributed by atoms with Gasteiger partial charge in [-0.1, -0.05) is 60.7 Å². The van der Waals surface area contributed by atoms with Gasteiger partial charge in [0, 0.05) is 29.6 Å². The van der Waals surface area contributed by atoms with Gasteiger partial charge in [-0.05, 0) is 55.0 Å². The van der Waals surface area contributed by atoms with Gasteiger partial charge < -0.3 is 10.2 Å². The van der Waals surface area contributed by atoms with E-state index in [1.807, 2.05) is 71.6 Å². The summed E-state index contributed by atoms with van der Waals surface area (Å²) in [4.78, 5) is 41.4. The number of nitrogens with zero attached hydrogens (tertiary/aromatic N) is 3. The summed E-state index contributed by atoms with van der Waals surface area (Å²) in [6.45, 7) is 0.709. The highest BCUT2D eigenvalue weighted by Crippen LogP contribution is 2.31. The first-order valence-corrected chi connectivity index (χ1v) is 12.8. The first-order valence-electron chi connectivity index (χ1n) is 12.8. The Hall–Kier alpha value is -4.26. The molecule has 186 valence electrons. The highest BCUT2D eigenvalue weighted by Gasteiger charge is 2.35. The fourth-order valence-electron chi connectivity index (χ4n) is 4.60. The Balaban J connectivity index is 1.30. The molecular formula is C30H28N4O3. The van der Waals surface area contributed by atoms with Gasteiger partial charge in [-0.15, -0.1) is 0 Å². The van der Waals surface area contributed by atoms with Crippen molar-refractivity contribution in [2.75, 3.05) is 0 Å². The number of aromatic nitrogens is 2. The van der Waals surface area contributed by atoms with Crippen LogP contribution in [0.1, 0.15) is 57.7 Å². The van der Waals surface area contributed by atoms with Crippen molar-refractivity contribution in [3.05, 3.63) is 112 Å². The molecule has 37 heavy (non-hydrogen) atoms. The summed E-state index contributed by atoms with van der Waals surface area (Å²) >= 11 is 0. The monoisotopic (exact) mass is 492 g/mol. The van der Waals surface area contributed by atoms with E-state index in [1.54, 1.807) is 12.1 Å². The Bertz CT molecular complexity index is 1520. The first kappa shape index (κ1) is 23.2. The Labute approximate surface area is 214 Å². The van der Waals surface area contributed by atoms with E-state index in [1.165, 1.54) is 4.68 Å². The van der Waals surface area contributed by atoms with Gasteiger partial charge in [0.05, 0.1) is 11.9 Å². The topological polar surface area (TPSA) is 84.3 Å². The number of hydrogen-bond acceptors (Lipinski definition) is 4. The molecule has 1 heterocycles. The fraction of sp³-hybridized carbons (Fsp3) is 0.267. The van der Waals surface area contributed by atoms with Gasteiger partial charge in [0.2, 0.25) is 0 Å². The van der Waals surface area contributed by atoms with Crippen LogP contribution in [0.25, 0.3) is 10.8 Å². The summed E-state index contributed by atoms with van der Waals surface area (Å²) in [5.41, 5.74) is 2.59. The molecule has 3 aromatic carbocycles. The number of amides is 2. The first-order chi connectivity index (χ1) is 18.1. The SMILES string of the molecule is O=C(NC1CC1)c1ccc(CN(C(=O)c2nn(Cc3ccccc3)c(=O)c3ccccc23)C2CC2)cc1. The molecule has 0 unspecified atom stereocenters. The molecule has 4 aromatic rings. The number of fused-ring (bicyclic) bond motifs is 1. The molecule has 1 N–H and O–H groups in total. The van der Waals surface area contributed by atoms with Crippen LogP contribution in [0.4, 0.5) is 0 Å². The van der Waals surface area contributed by atoms with Crippen LogP contribution in [0.15, 0.2) is 83.7 Å². The van der Waals surface area contributed by atoms with Gasteiger partial charge >= 0.3 is 0 Å². The maximum atomic E-state index is 13.9. The second-order valence-corrected chi connectivity index (χ2v) is 9.95. The number of benzene rings is 3. The lowest BCUT2D eigenvalue weighted by molar-refractivity contribution is 0.0723. The lowest BCUT2D eigenvalue weighted by Gasteiger charge is -2.23. The predicted molar refractivity (Wildman–Crippen MR) is 141 cm³/mol. The van der Waals surface area contributed by atoms with Gasteiger partial charge in [-0.25, -0.2) is 4.68 Å². The van der Waals surface area contributed by atoms with Crippen LogP contribution >= 0.6 is 0 Å². The third-order valence-electron chi connectivity index (χ3n) is 6.98. The molecule has 7 nitrogen and oxygen atoms in total. The fourth-order valence-corrected chi connectivity index (χ4v) is 4.60. The molecular weight excluding hydrogens is 464 g/mol. The molecule has 2 saturated carbocycles. The van der Waals surface area contributed by atoms with Gasteiger partial charge in [0.25, 0.3) is 17.4 Å². The molecule has 1 aromatic heterocycles. The number of nitrogens with one attached hydrogen (secondary N) is 1. The molecule has 2 aliphatic rings. The molecule has 0 atom stereocenters. The van der Waals surface area contributed by atoms with Gasteiger partial charge in [0.1, 0.15) is 0 Å². The summed E-state index contributed by atoms with van der Waals surface area (Å²) in [6, 6.07) is 24.7. The summed E-state index contributed by atoms with van der Waals surface area (Å²) in [5.74, 6) is -0.239. The van der Waals surface area contributed by atoms with Crippen molar-refractivity contribution >= 4 is 22.6 Å². The molecule has 0 saturated heterocycles. The van der Waals surface area contributed by atoms with E-state index in [-0.39, 0.29) is 23.4 Å². The quantitative estimate of drug-likeness (QED) is 0.401. The smallest absolute Gasteiger partial charge is 0.275 e. The highest BCUT2D eigenvalue weighted by atomic mass is 16.2. The molecule has 0 spiro atoms. The Morgan fingerprint density at radius 3 is 2.19 bits per heavy atom. The zero-order chi connectivity index (χ0) is 25.4. The second-order valence-electron chi connectivity index (χ2n) is 9.95. The lowest BCUT2D eigenvalue weighted by Crippen LogP contribution is -2.36. The molecule has 0 radical (unpaired) electrons. The molecule has 2 fully saturated rings. The van der Waals surface area contributed by atoms with Crippen molar-refractivity contribution in [2.24, 2.45) is 0 Å². The zero-order valence-corrected chi connectivity index (χ0v) is 20.5. The second kappa shape index (κ2) is 9.65. The van der Waals surface area contributed by atoms with Crippen LogP contribution in [0.5, 0.6) is 0 Å². The molecule has 7 heteroatoms. The zero-order valence-electron chi connectivity index (χ0n) is 20.5.